The Morgan fingerprint density at radius 2 is 2.39 bits per heavy atom. The second-order valence-electron chi connectivity index (χ2n) is 4.80. The topological polar surface area (TPSA) is 38.3 Å². The van der Waals surface area contributed by atoms with Crippen molar-refractivity contribution >= 4 is 27.5 Å². The molecular formula is C14H18BrNO2. The standard InChI is InChI=1S/C14H18BrNO2/c1-10-7-12(4-5-13(10)15)16-14(17)8-11-3-2-6-18-9-11/h4-5,7,11H,2-3,6,8-9H2,1H3,(H,16,17). The molecule has 0 bridgehead atoms. The lowest BCUT2D eigenvalue weighted by molar-refractivity contribution is -0.118. The molecule has 1 heterocycles. The van der Waals surface area contributed by atoms with Crippen molar-refractivity contribution in [2.24, 2.45) is 5.92 Å². The van der Waals surface area contributed by atoms with Gasteiger partial charge in [0.15, 0.2) is 0 Å². The zero-order chi connectivity index (χ0) is 13.0. The maximum absolute atomic E-state index is 11.9. The van der Waals surface area contributed by atoms with Crippen LogP contribution < -0.4 is 5.32 Å². The minimum Gasteiger partial charge on any atom is -0.381 e. The summed E-state index contributed by atoms with van der Waals surface area (Å²) >= 11 is 3.45. The lowest BCUT2D eigenvalue weighted by atomic mass is 9.98. The van der Waals surface area contributed by atoms with E-state index in [1.807, 2.05) is 25.1 Å². The number of amides is 1. The quantitative estimate of drug-likeness (QED) is 0.927. The van der Waals surface area contributed by atoms with E-state index in [4.69, 9.17) is 4.74 Å². The van der Waals surface area contributed by atoms with Crippen LogP contribution in [0.1, 0.15) is 24.8 Å². The van der Waals surface area contributed by atoms with Crippen molar-refractivity contribution in [2.45, 2.75) is 26.2 Å². The van der Waals surface area contributed by atoms with Crippen LogP contribution in [0.15, 0.2) is 22.7 Å². The molecule has 0 saturated carbocycles. The average Bonchev–Trinajstić information content (AvgIpc) is 2.35. The number of hydrogen-bond acceptors (Lipinski definition) is 2. The van der Waals surface area contributed by atoms with E-state index in [0.29, 0.717) is 18.9 Å². The van der Waals surface area contributed by atoms with Crippen LogP contribution in [0.25, 0.3) is 0 Å². The number of benzene rings is 1. The molecule has 1 atom stereocenters. The molecule has 98 valence electrons. The van der Waals surface area contributed by atoms with Gasteiger partial charge in [0.25, 0.3) is 0 Å². The number of aryl methyl sites for hydroxylation is 1. The molecule has 1 aliphatic heterocycles. The van der Waals surface area contributed by atoms with Crippen molar-refractivity contribution in [1.82, 2.24) is 0 Å². The molecule has 18 heavy (non-hydrogen) atoms. The fraction of sp³-hybridized carbons (Fsp3) is 0.500. The minimum absolute atomic E-state index is 0.0761. The Hall–Kier alpha value is -0.870. The van der Waals surface area contributed by atoms with Gasteiger partial charge in [-0.05, 0) is 49.4 Å². The molecule has 2 rings (SSSR count). The fourth-order valence-electron chi connectivity index (χ4n) is 2.17. The van der Waals surface area contributed by atoms with Gasteiger partial charge in [0.05, 0.1) is 0 Å². The summed E-state index contributed by atoms with van der Waals surface area (Å²) in [5.74, 6) is 0.447. The normalized spacial score (nSPS) is 19.6. The number of anilines is 1. The van der Waals surface area contributed by atoms with Gasteiger partial charge >= 0.3 is 0 Å². The van der Waals surface area contributed by atoms with Crippen molar-refractivity contribution in [3.8, 4) is 0 Å². The van der Waals surface area contributed by atoms with Gasteiger partial charge in [-0.3, -0.25) is 4.79 Å². The summed E-state index contributed by atoms with van der Waals surface area (Å²) < 4.78 is 6.44. The van der Waals surface area contributed by atoms with Crippen LogP contribution in [0.2, 0.25) is 0 Å². The number of halogens is 1. The van der Waals surface area contributed by atoms with Crippen molar-refractivity contribution < 1.29 is 9.53 Å². The second kappa shape index (κ2) is 6.34. The number of carbonyl (C=O) groups is 1. The molecule has 1 aliphatic rings. The Labute approximate surface area is 116 Å². The third kappa shape index (κ3) is 3.82. The zero-order valence-corrected chi connectivity index (χ0v) is 12.1. The molecule has 1 N–H and O–H groups in total. The van der Waals surface area contributed by atoms with E-state index in [-0.39, 0.29) is 5.91 Å². The minimum atomic E-state index is 0.0761. The Bertz CT molecular complexity index is 428. The molecule has 0 aliphatic carbocycles. The molecule has 1 saturated heterocycles. The molecule has 1 aromatic carbocycles. The van der Waals surface area contributed by atoms with Crippen LogP contribution in [0, 0.1) is 12.8 Å². The lowest BCUT2D eigenvalue weighted by Crippen LogP contribution is -2.23. The number of carbonyl (C=O) groups excluding carboxylic acids is 1. The van der Waals surface area contributed by atoms with Gasteiger partial charge in [-0.1, -0.05) is 15.9 Å². The monoisotopic (exact) mass is 311 g/mol. The van der Waals surface area contributed by atoms with Crippen LogP contribution in [0.5, 0.6) is 0 Å². The number of nitrogens with one attached hydrogen (secondary N) is 1. The van der Waals surface area contributed by atoms with Gasteiger partial charge in [0.1, 0.15) is 0 Å². The molecule has 1 amide bonds. The van der Waals surface area contributed by atoms with Crippen molar-refractivity contribution in [3.63, 3.8) is 0 Å². The molecular weight excluding hydrogens is 294 g/mol. The molecule has 0 radical (unpaired) electrons. The summed E-state index contributed by atoms with van der Waals surface area (Å²) in [5, 5.41) is 2.94. The first-order chi connectivity index (χ1) is 8.65. The predicted molar refractivity (Wildman–Crippen MR) is 75.7 cm³/mol. The summed E-state index contributed by atoms with van der Waals surface area (Å²) in [7, 11) is 0. The molecule has 0 spiro atoms. The second-order valence-corrected chi connectivity index (χ2v) is 5.65. The highest BCUT2D eigenvalue weighted by Crippen LogP contribution is 2.21. The van der Waals surface area contributed by atoms with E-state index in [1.165, 1.54) is 0 Å². The van der Waals surface area contributed by atoms with E-state index in [1.54, 1.807) is 0 Å². The van der Waals surface area contributed by atoms with E-state index >= 15 is 0 Å². The van der Waals surface area contributed by atoms with Gasteiger partial charge in [0, 0.05) is 29.8 Å². The highest BCUT2D eigenvalue weighted by Gasteiger charge is 2.17. The summed E-state index contributed by atoms with van der Waals surface area (Å²) in [6.45, 7) is 3.56. The van der Waals surface area contributed by atoms with Crippen LogP contribution in [0.4, 0.5) is 5.69 Å². The van der Waals surface area contributed by atoms with Gasteiger partial charge in [-0.15, -0.1) is 0 Å². The first kappa shape index (κ1) is 13.6. The van der Waals surface area contributed by atoms with Crippen LogP contribution in [0.3, 0.4) is 0 Å². The fourth-order valence-corrected chi connectivity index (χ4v) is 2.41. The summed E-state index contributed by atoms with van der Waals surface area (Å²) in [6.07, 6.45) is 2.71. The first-order valence-corrected chi connectivity index (χ1v) is 7.08. The van der Waals surface area contributed by atoms with Crippen LogP contribution in [-0.4, -0.2) is 19.1 Å². The first-order valence-electron chi connectivity index (χ1n) is 6.29. The Morgan fingerprint density at radius 1 is 1.56 bits per heavy atom. The third-order valence-corrected chi connectivity index (χ3v) is 4.06. The highest BCUT2D eigenvalue weighted by molar-refractivity contribution is 9.10. The number of ether oxygens (including phenoxy) is 1. The predicted octanol–water partition coefficient (Wildman–Crippen LogP) is 3.51. The Balaban J connectivity index is 1.88. The third-order valence-electron chi connectivity index (χ3n) is 3.17. The summed E-state index contributed by atoms with van der Waals surface area (Å²) in [6, 6.07) is 5.83. The Morgan fingerprint density at radius 3 is 3.06 bits per heavy atom. The van der Waals surface area contributed by atoms with E-state index in [0.717, 1.165) is 35.2 Å². The summed E-state index contributed by atoms with van der Waals surface area (Å²) in [4.78, 5) is 11.9. The average molecular weight is 312 g/mol. The van der Waals surface area contributed by atoms with Crippen LogP contribution >= 0.6 is 15.9 Å². The molecule has 1 fully saturated rings. The van der Waals surface area contributed by atoms with Crippen molar-refractivity contribution in [1.29, 1.82) is 0 Å². The molecule has 1 aromatic rings. The van der Waals surface area contributed by atoms with Gasteiger partial charge in [0.2, 0.25) is 5.91 Å². The van der Waals surface area contributed by atoms with Crippen LogP contribution in [-0.2, 0) is 9.53 Å². The van der Waals surface area contributed by atoms with E-state index in [2.05, 4.69) is 21.2 Å². The highest BCUT2D eigenvalue weighted by atomic mass is 79.9. The lowest BCUT2D eigenvalue weighted by Gasteiger charge is -2.21. The Kier molecular flexibility index (Phi) is 4.78. The maximum atomic E-state index is 11.9. The number of hydrogen-bond donors (Lipinski definition) is 1. The zero-order valence-electron chi connectivity index (χ0n) is 10.5. The molecule has 0 aromatic heterocycles. The van der Waals surface area contributed by atoms with Crippen molar-refractivity contribution in [3.05, 3.63) is 28.2 Å². The molecule has 1 unspecified atom stereocenters. The van der Waals surface area contributed by atoms with Gasteiger partial charge < -0.3 is 10.1 Å². The maximum Gasteiger partial charge on any atom is 0.224 e. The van der Waals surface area contributed by atoms with Gasteiger partial charge in [-0.25, -0.2) is 0 Å². The van der Waals surface area contributed by atoms with E-state index < -0.39 is 0 Å². The SMILES string of the molecule is Cc1cc(NC(=O)CC2CCCOC2)ccc1Br. The molecule has 4 heteroatoms. The van der Waals surface area contributed by atoms with Gasteiger partial charge in [-0.2, -0.15) is 0 Å². The summed E-state index contributed by atoms with van der Waals surface area (Å²) in [5.41, 5.74) is 1.98. The number of rotatable bonds is 3. The smallest absolute Gasteiger partial charge is 0.224 e. The van der Waals surface area contributed by atoms with E-state index in [9.17, 15) is 4.79 Å². The molecule has 3 nitrogen and oxygen atoms in total. The largest absolute Gasteiger partial charge is 0.381 e. The van der Waals surface area contributed by atoms with Crippen molar-refractivity contribution in [2.75, 3.05) is 18.5 Å².